The highest BCUT2D eigenvalue weighted by molar-refractivity contribution is 7.80. The zero-order valence-corrected chi connectivity index (χ0v) is 13.0. The van der Waals surface area contributed by atoms with Crippen molar-refractivity contribution in [3.05, 3.63) is 59.2 Å². The largest absolute Gasteiger partial charge is 0.389 e. The van der Waals surface area contributed by atoms with Crippen LogP contribution in [-0.2, 0) is 6.42 Å². The van der Waals surface area contributed by atoms with E-state index in [0.717, 1.165) is 23.4 Å². The van der Waals surface area contributed by atoms with Gasteiger partial charge in [-0.25, -0.2) is 0 Å². The first-order valence-corrected chi connectivity index (χ1v) is 7.17. The zero-order valence-electron chi connectivity index (χ0n) is 12.2. The summed E-state index contributed by atoms with van der Waals surface area (Å²) in [6.07, 6.45) is 1.05. The fourth-order valence-electron chi connectivity index (χ4n) is 2.22. The Hall–Kier alpha value is -1.87. The third kappa shape index (κ3) is 2.99. The highest BCUT2D eigenvalue weighted by Crippen LogP contribution is 2.28. The molecule has 0 aliphatic carbocycles. The van der Waals surface area contributed by atoms with E-state index in [1.807, 2.05) is 19.2 Å². The summed E-state index contributed by atoms with van der Waals surface area (Å²) in [5.41, 5.74) is 11.4. The molecule has 0 saturated carbocycles. The molecule has 0 aliphatic heterocycles. The fourth-order valence-corrected chi connectivity index (χ4v) is 2.39. The van der Waals surface area contributed by atoms with Crippen LogP contribution >= 0.6 is 12.2 Å². The average molecular weight is 284 g/mol. The van der Waals surface area contributed by atoms with Crippen LogP contribution in [0.4, 0.5) is 11.4 Å². The summed E-state index contributed by atoms with van der Waals surface area (Å²) in [4.78, 5) is 2.55. The first-order valence-electron chi connectivity index (χ1n) is 6.76. The van der Waals surface area contributed by atoms with Crippen molar-refractivity contribution in [2.75, 3.05) is 11.9 Å². The second-order valence-corrected chi connectivity index (χ2v) is 5.40. The van der Waals surface area contributed by atoms with Gasteiger partial charge in [-0.1, -0.05) is 37.3 Å². The van der Waals surface area contributed by atoms with Crippen LogP contribution in [0.2, 0.25) is 0 Å². The maximum Gasteiger partial charge on any atom is 0.106 e. The van der Waals surface area contributed by atoms with Crippen LogP contribution in [0.15, 0.2) is 42.5 Å². The van der Waals surface area contributed by atoms with E-state index >= 15 is 0 Å². The number of hydrogen-bond donors (Lipinski definition) is 1. The van der Waals surface area contributed by atoms with E-state index in [4.69, 9.17) is 18.0 Å². The van der Waals surface area contributed by atoms with Crippen LogP contribution < -0.4 is 10.6 Å². The van der Waals surface area contributed by atoms with Gasteiger partial charge in [0.1, 0.15) is 4.99 Å². The number of aryl methyl sites for hydroxylation is 2. The summed E-state index contributed by atoms with van der Waals surface area (Å²) in [5.74, 6) is 0. The summed E-state index contributed by atoms with van der Waals surface area (Å²) in [7, 11) is 2.04. The van der Waals surface area contributed by atoms with Gasteiger partial charge < -0.3 is 10.6 Å². The maximum absolute atomic E-state index is 5.83. The predicted octanol–water partition coefficient (Wildman–Crippen LogP) is 3.96. The van der Waals surface area contributed by atoms with Gasteiger partial charge in [-0.2, -0.15) is 0 Å². The quantitative estimate of drug-likeness (QED) is 0.862. The molecule has 2 rings (SSSR count). The van der Waals surface area contributed by atoms with Crippen LogP contribution in [-0.4, -0.2) is 12.0 Å². The van der Waals surface area contributed by atoms with Crippen LogP contribution in [0, 0.1) is 6.92 Å². The molecular weight excluding hydrogens is 264 g/mol. The van der Waals surface area contributed by atoms with Crippen LogP contribution in [0.5, 0.6) is 0 Å². The Bertz CT molecular complexity index is 617. The van der Waals surface area contributed by atoms with Gasteiger partial charge in [-0.3, -0.25) is 0 Å². The molecule has 0 atom stereocenters. The van der Waals surface area contributed by atoms with Gasteiger partial charge >= 0.3 is 0 Å². The van der Waals surface area contributed by atoms with Gasteiger partial charge in [0.05, 0.1) is 5.69 Å². The maximum atomic E-state index is 5.83. The number of thiocarbonyl (C=S) groups is 1. The Balaban J connectivity index is 2.43. The molecule has 2 aromatic carbocycles. The molecule has 104 valence electrons. The third-order valence-electron chi connectivity index (χ3n) is 3.51. The van der Waals surface area contributed by atoms with Crippen LogP contribution in [0.25, 0.3) is 0 Å². The molecular formula is C17H20N2S. The number of rotatable bonds is 4. The normalized spacial score (nSPS) is 10.3. The molecule has 20 heavy (non-hydrogen) atoms. The minimum atomic E-state index is 0.428. The molecule has 0 aliphatic rings. The van der Waals surface area contributed by atoms with E-state index < -0.39 is 0 Å². The van der Waals surface area contributed by atoms with Crippen molar-refractivity contribution >= 4 is 28.6 Å². The Morgan fingerprint density at radius 3 is 2.35 bits per heavy atom. The predicted molar refractivity (Wildman–Crippen MR) is 90.9 cm³/mol. The van der Waals surface area contributed by atoms with Gasteiger partial charge in [-0.15, -0.1) is 0 Å². The summed E-state index contributed by atoms with van der Waals surface area (Å²) >= 11 is 5.15. The Labute approximate surface area is 126 Å². The first-order chi connectivity index (χ1) is 9.52. The van der Waals surface area contributed by atoms with Gasteiger partial charge in [0.15, 0.2) is 0 Å². The average Bonchev–Trinajstić information content (AvgIpc) is 2.46. The van der Waals surface area contributed by atoms with Crippen molar-refractivity contribution in [1.82, 2.24) is 0 Å². The van der Waals surface area contributed by atoms with Gasteiger partial charge in [-0.05, 0) is 48.7 Å². The lowest BCUT2D eigenvalue weighted by Gasteiger charge is -2.23. The van der Waals surface area contributed by atoms with Crippen molar-refractivity contribution in [2.45, 2.75) is 20.3 Å². The van der Waals surface area contributed by atoms with E-state index in [1.165, 1.54) is 11.1 Å². The molecule has 0 saturated heterocycles. The Morgan fingerprint density at radius 1 is 1.15 bits per heavy atom. The summed E-state index contributed by atoms with van der Waals surface area (Å²) < 4.78 is 0. The van der Waals surface area contributed by atoms with Crippen molar-refractivity contribution in [2.24, 2.45) is 5.73 Å². The van der Waals surface area contributed by atoms with Crippen molar-refractivity contribution in [3.8, 4) is 0 Å². The summed E-state index contributed by atoms with van der Waals surface area (Å²) in [6.45, 7) is 4.23. The van der Waals surface area contributed by atoms with E-state index in [-0.39, 0.29) is 0 Å². The van der Waals surface area contributed by atoms with Crippen LogP contribution in [0.3, 0.4) is 0 Å². The number of anilines is 2. The molecule has 0 amide bonds. The molecule has 2 nitrogen and oxygen atoms in total. The Morgan fingerprint density at radius 2 is 1.80 bits per heavy atom. The minimum Gasteiger partial charge on any atom is -0.389 e. The minimum absolute atomic E-state index is 0.428. The lowest BCUT2D eigenvalue weighted by Crippen LogP contribution is -2.18. The lowest BCUT2D eigenvalue weighted by molar-refractivity contribution is 1.13. The fraction of sp³-hybridized carbons (Fsp3) is 0.235. The third-order valence-corrected chi connectivity index (χ3v) is 3.73. The number of nitrogens with two attached hydrogens (primary N) is 1. The molecule has 0 spiro atoms. The van der Waals surface area contributed by atoms with Crippen molar-refractivity contribution in [1.29, 1.82) is 0 Å². The lowest BCUT2D eigenvalue weighted by atomic mass is 10.1. The smallest absolute Gasteiger partial charge is 0.106 e. The van der Waals surface area contributed by atoms with E-state index in [2.05, 4.69) is 49.1 Å². The molecule has 0 bridgehead atoms. The molecule has 0 fully saturated rings. The topological polar surface area (TPSA) is 29.3 Å². The van der Waals surface area contributed by atoms with Crippen molar-refractivity contribution < 1.29 is 0 Å². The molecule has 3 heteroatoms. The van der Waals surface area contributed by atoms with Gasteiger partial charge in [0, 0.05) is 18.3 Å². The van der Waals surface area contributed by atoms with Crippen LogP contribution in [0.1, 0.15) is 23.6 Å². The number of hydrogen-bond acceptors (Lipinski definition) is 2. The number of nitrogens with zero attached hydrogens (tertiary/aromatic N) is 1. The molecule has 0 heterocycles. The standard InChI is InChI=1S/C17H20N2S/c1-4-13-6-8-14(9-7-13)19(3)16-11-12(2)5-10-15(16)17(18)20/h5-11H,4H2,1-3H3,(H2,18,20). The number of benzene rings is 2. The zero-order chi connectivity index (χ0) is 14.7. The summed E-state index contributed by atoms with van der Waals surface area (Å²) in [5, 5.41) is 0. The summed E-state index contributed by atoms with van der Waals surface area (Å²) in [6, 6.07) is 14.7. The van der Waals surface area contributed by atoms with Gasteiger partial charge in [0.2, 0.25) is 0 Å². The molecule has 2 N–H and O–H groups in total. The first kappa shape index (κ1) is 14.5. The molecule has 0 aromatic heterocycles. The van der Waals surface area contributed by atoms with Crippen molar-refractivity contribution in [3.63, 3.8) is 0 Å². The molecule has 0 unspecified atom stereocenters. The second kappa shape index (κ2) is 6.06. The highest BCUT2D eigenvalue weighted by atomic mass is 32.1. The van der Waals surface area contributed by atoms with E-state index in [1.54, 1.807) is 0 Å². The molecule has 2 aromatic rings. The van der Waals surface area contributed by atoms with Gasteiger partial charge in [0.25, 0.3) is 0 Å². The SMILES string of the molecule is CCc1ccc(N(C)c2cc(C)ccc2C(N)=S)cc1. The second-order valence-electron chi connectivity index (χ2n) is 4.96. The van der Waals surface area contributed by atoms with E-state index in [0.29, 0.717) is 4.99 Å². The highest BCUT2D eigenvalue weighted by Gasteiger charge is 2.11. The monoisotopic (exact) mass is 284 g/mol. The molecule has 0 radical (unpaired) electrons. The Kier molecular flexibility index (Phi) is 4.40. The van der Waals surface area contributed by atoms with E-state index in [9.17, 15) is 0 Å².